The second kappa shape index (κ2) is 7.01. The Balaban J connectivity index is 1.96. The van der Waals surface area contributed by atoms with Crippen LogP contribution >= 0.6 is 11.8 Å². The summed E-state index contributed by atoms with van der Waals surface area (Å²) in [6, 6.07) is 11.1. The van der Waals surface area contributed by atoms with Crippen LogP contribution in [0.25, 0.3) is 0 Å². The van der Waals surface area contributed by atoms with Crippen molar-refractivity contribution in [2.24, 2.45) is 11.8 Å². The van der Waals surface area contributed by atoms with Crippen molar-refractivity contribution in [3.63, 3.8) is 0 Å². The molecule has 0 bridgehead atoms. The monoisotopic (exact) mass is 273 g/mol. The van der Waals surface area contributed by atoms with Crippen LogP contribution in [-0.4, -0.2) is 5.25 Å². The van der Waals surface area contributed by atoms with E-state index in [1.165, 1.54) is 30.4 Å². The van der Waals surface area contributed by atoms with Crippen molar-refractivity contribution in [3.05, 3.63) is 35.4 Å². The molecule has 0 radical (unpaired) electrons. The van der Waals surface area contributed by atoms with Gasteiger partial charge in [0.25, 0.3) is 0 Å². The van der Waals surface area contributed by atoms with Crippen molar-refractivity contribution >= 4 is 11.8 Å². The molecule has 3 unspecified atom stereocenters. The maximum absolute atomic E-state index is 9.31. The normalized spacial score (nSPS) is 26.9. The van der Waals surface area contributed by atoms with Gasteiger partial charge in [-0.05, 0) is 43.2 Å². The number of benzene rings is 1. The largest absolute Gasteiger partial charge is 0.198 e. The van der Waals surface area contributed by atoms with Crippen LogP contribution in [0.2, 0.25) is 0 Å². The van der Waals surface area contributed by atoms with Gasteiger partial charge in [-0.25, -0.2) is 0 Å². The standard InChI is InChI=1S/C17H23NS/c1-3-14-8-9-15(11-18)17(10-14)19-12-16-7-5-4-6-13(16)2/h4-7,14-15,17H,3,8-10,12H2,1-2H3. The van der Waals surface area contributed by atoms with E-state index in [9.17, 15) is 5.26 Å². The fraction of sp³-hybridized carbons (Fsp3) is 0.588. The Kier molecular flexibility index (Phi) is 5.34. The van der Waals surface area contributed by atoms with E-state index in [1.54, 1.807) is 0 Å². The molecular formula is C17H23NS. The molecule has 3 atom stereocenters. The Morgan fingerprint density at radius 1 is 1.32 bits per heavy atom. The molecule has 1 aliphatic rings. The van der Waals surface area contributed by atoms with E-state index in [2.05, 4.69) is 44.2 Å². The van der Waals surface area contributed by atoms with Gasteiger partial charge >= 0.3 is 0 Å². The fourth-order valence-corrected chi connectivity index (χ4v) is 4.44. The summed E-state index contributed by atoms with van der Waals surface area (Å²) in [6.07, 6.45) is 4.83. The smallest absolute Gasteiger partial charge is 0.0667 e. The lowest BCUT2D eigenvalue weighted by atomic mass is 9.81. The average molecular weight is 273 g/mol. The first-order chi connectivity index (χ1) is 9.24. The Hall–Kier alpha value is -0.940. The van der Waals surface area contributed by atoms with E-state index < -0.39 is 0 Å². The van der Waals surface area contributed by atoms with Gasteiger partial charge in [0.2, 0.25) is 0 Å². The second-order valence-corrected chi connectivity index (χ2v) is 6.83. The number of nitrogens with zero attached hydrogens (tertiary/aromatic N) is 1. The van der Waals surface area contributed by atoms with Crippen LogP contribution in [0.15, 0.2) is 24.3 Å². The maximum atomic E-state index is 9.31. The lowest BCUT2D eigenvalue weighted by Gasteiger charge is -2.32. The van der Waals surface area contributed by atoms with Gasteiger partial charge in [-0.2, -0.15) is 17.0 Å². The van der Waals surface area contributed by atoms with Gasteiger partial charge in [-0.1, -0.05) is 37.6 Å². The van der Waals surface area contributed by atoms with Crippen LogP contribution in [0, 0.1) is 30.1 Å². The van der Waals surface area contributed by atoms with Crippen molar-refractivity contribution in [3.8, 4) is 6.07 Å². The Morgan fingerprint density at radius 2 is 2.11 bits per heavy atom. The lowest BCUT2D eigenvalue weighted by Crippen LogP contribution is -2.26. The van der Waals surface area contributed by atoms with E-state index in [0.717, 1.165) is 18.1 Å². The van der Waals surface area contributed by atoms with Gasteiger partial charge < -0.3 is 0 Å². The lowest BCUT2D eigenvalue weighted by molar-refractivity contribution is 0.317. The highest BCUT2D eigenvalue weighted by Gasteiger charge is 2.30. The number of nitriles is 1. The summed E-state index contributed by atoms with van der Waals surface area (Å²) in [6.45, 7) is 4.45. The zero-order chi connectivity index (χ0) is 13.7. The van der Waals surface area contributed by atoms with Crippen molar-refractivity contribution in [2.75, 3.05) is 0 Å². The molecule has 2 heteroatoms. The zero-order valence-corrected chi connectivity index (χ0v) is 12.7. The molecule has 0 spiro atoms. The molecule has 1 aliphatic carbocycles. The molecule has 0 aliphatic heterocycles. The molecule has 0 heterocycles. The van der Waals surface area contributed by atoms with E-state index in [-0.39, 0.29) is 5.92 Å². The quantitative estimate of drug-likeness (QED) is 0.775. The summed E-state index contributed by atoms with van der Waals surface area (Å²) < 4.78 is 0. The highest BCUT2D eigenvalue weighted by molar-refractivity contribution is 7.99. The zero-order valence-electron chi connectivity index (χ0n) is 11.9. The van der Waals surface area contributed by atoms with Crippen molar-refractivity contribution < 1.29 is 0 Å². The van der Waals surface area contributed by atoms with Gasteiger partial charge in [0.1, 0.15) is 0 Å². The van der Waals surface area contributed by atoms with Crippen LogP contribution in [0.3, 0.4) is 0 Å². The molecule has 1 saturated carbocycles. The van der Waals surface area contributed by atoms with E-state index >= 15 is 0 Å². The Morgan fingerprint density at radius 3 is 2.79 bits per heavy atom. The number of hydrogen-bond acceptors (Lipinski definition) is 2. The SMILES string of the molecule is CCC1CCC(C#N)C(SCc2ccccc2C)C1. The summed E-state index contributed by atoms with van der Waals surface area (Å²) in [4.78, 5) is 0. The van der Waals surface area contributed by atoms with Crippen LogP contribution in [0.5, 0.6) is 0 Å². The van der Waals surface area contributed by atoms with E-state index in [4.69, 9.17) is 0 Å². The molecule has 0 aromatic heterocycles. The maximum Gasteiger partial charge on any atom is 0.0667 e. The minimum atomic E-state index is 0.261. The van der Waals surface area contributed by atoms with Gasteiger partial charge in [0, 0.05) is 11.0 Å². The molecule has 0 N–H and O–H groups in total. The fourth-order valence-electron chi connectivity index (χ4n) is 2.88. The molecule has 1 aromatic carbocycles. The summed E-state index contributed by atoms with van der Waals surface area (Å²) in [5, 5.41) is 9.84. The molecule has 1 fully saturated rings. The molecule has 2 rings (SSSR count). The molecule has 0 saturated heterocycles. The number of thioether (sulfide) groups is 1. The molecule has 1 nitrogen and oxygen atoms in total. The minimum Gasteiger partial charge on any atom is -0.198 e. The predicted octanol–water partition coefficient (Wildman–Crippen LogP) is 4.95. The molecule has 102 valence electrons. The Bertz CT molecular complexity index is 449. The van der Waals surface area contributed by atoms with Crippen molar-refractivity contribution in [1.29, 1.82) is 5.26 Å². The predicted molar refractivity (Wildman–Crippen MR) is 83.0 cm³/mol. The van der Waals surface area contributed by atoms with Crippen LogP contribution < -0.4 is 0 Å². The summed E-state index contributed by atoms with van der Waals surface area (Å²) in [5.74, 6) is 2.14. The molecule has 0 amide bonds. The van der Waals surface area contributed by atoms with Crippen LogP contribution in [0.1, 0.15) is 43.7 Å². The van der Waals surface area contributed by atoms with E-state index in [1.807, 2.05) is 11.8 Å². The molecular weight excluding hydrogens is 250 g/mol. The van der Waals surface area contributed by atoms with Crippen LogP contribution in [0.4, 0.5) is 0 Å². The first kappa shape index (κ1) is 14.5. The first-order valence-electron chi connectivity index (χ1n) is 7.30. The van der Waals surface area contributed by atoms with Crippen LogP contribution in [-0.2, 0) is 5.75 Å². The minimum absolute atomic E-state index is 0.261. The second-order valence-electron chi connectivity index (χ2n) is 5.60. The average Bonchev–Trinajstić information content (AvgIpc) is 2.46. The topological polar surface area (TPSA) is 23.8 Å². The summed E-state index contributed by atoms with van der Waals surface area (Å²) >= 11 is 1.99. The van der Waals surface area contributed by atoms with Gasteiger partial charge in [0.15, 0.2) is 0 Å². The number of hydrogen-bond donors (Lipinski definition) is 0. The Labute approximate surface area is 121 Å². The third-order valence-corrected chi connectivity index (χ3v) is 5.78. The number of aryl methyl sites for hydroxylation is 1. The molecule has 1 aromatic rings. The van der Waals surface area contributed by atoms with Crippen molar-refractivity contribution in [2.45, 2.75) is 50.5 Å². The number of rotatable bonds is 4. The highest BCUT2D eigenvalue weighted by atomic mass is 32.2. The van der Waals surface area contributed by atoms with Gasteiger partial charge in [-0.3, -0.25) is 0 Å². The molecule has 19 heavy (non-hydrogen) atoms. The van der Waals surface area contributed by atoms with Crippen molar-refractivity contribution in [1.82, 2.24) is 0 Å². The summed E-state index contributed by atoms with van der Waals surface area (Å²) in [5.41, 5.74) is 2.79. The third-order valence-electron chi connectivity index (χ3n) is 4.36. The highest BCUT2D eigenvalue weighted by Crippen LogP contribution is 2.39. The van der Waals surface area contributed by atoms with Gasteiger partial charge in [-0.15, -0.1) is 0 Å². The summed E-state index contributed by atoms with van der Waals surface area (Å²) in [7, 11) is 0. The first-order valence-corrected chi connectivity index (χ1v) is 8.35. The van der Waals surface area contributed by atoms with E-state index in [0.29, 0.717) is 5.25 Å². The van der Waals surface area contributed by atoms with Gasteiger partial charge in [0.05, 0.1) is 12.0 Å². The third kappa shape index (κ3) is 3.76.